The minimum absolute atomic E-state index is 0.143. The third kappa shape index (κ3) is 4.32. The van der Waals surface area contributed by atoms with Gasteiger partial charge >= 0.3 is 0 Å². The highest BCUT2D eigenvalue weighted by Gasteiger charge is 2.17. The second kappa shape index (κ2) is 8.18. The van der Waals surface area contributed by atoms with E-state index in [9.17, 15) is 8.78 Å². The number of aromatic nitrogens is 2. The number of aryl methyl sites for hydroxylation is 1. The van der Waals surface area contributed by atoms with Gasteiger partial charge in [0.2, 0.25) is 0 Å². The Bertz CT molecular complexity index is 791. The number of nitrogens with two attached hydrogens (primary N) is 1. The van der Waals surface area contributed by atoms with Crippen molar-refractivity contribution in [2.24, 2.45) is 10.7 Å². The molecular formula is C18H21F2N5O. The fourth-order valence-corrected chi connectivity index (χ4v) is 2.79. The lowest BCUT2D eigenvalue weighted by atomic mass is 10.1. The standard InChI is InChI=1S/C18H21F2N5O/c1-11-2-3-15(24-16(11)17(19)20)25-18(21)13-10-22-7-4-14(13)23-12-5-8-26-9-6-12/h2-4,7,10,12,17H,5-6,8-9H2,1H3,(H,22,23)(H2,21,24,25). The first-order valence-electron chi connectivity index (χ1n) is 8.43. The molecule has 6 nitrogen and oxygen atoms in total. The Morgan fingerprint density at radius 1 is 1.31 bits per heavy atom. The highest BCUT2D eigenvalue weighted by molar-refractivity contribution is 6.03. The summed E-state index contributed by atoms with van der Waals surface area (Å²) in [5, 5.41) is 3.43. The molecule has 8 heteroatoms. The molecular weight excluding hydrogens is 340 g/mol. The number of amidine groups is 1. The Hall–Kier alpha value is -2.61. The van der Waals surface area contributed by atoms with Crippen LogP contribution in [0.1, 0.15) is 36.1 Å². The van der Waals surface area contributed by atoms with E-state index in [1.54, 1.807) is 31.5 Å². The molecule has 26 heavy (non-hydrogen) atoms. The summed E-state index contributed by atoms with van der Waals surface area (Å²) in [6.45, 7) is 3.01. The number of pyridine rings is 2. The van der Waals surface area contributed by atoms with E-state index in [4.69, 9.17) is 10.5 Å². The van der Waals surface area contributed by atoms with Crippen molar-refractivity contribution in [2.75, 3.05) is 18.5 Å². The van der Waals surface area contributed by atoms with E-state index < -0.39 is 6.43 Å². The van der Waals surface area contributed by atoms with Crippen LogP contribution in [0.5, 0.6) is 0 Å². The first-order valence-corrected chi connectivity index (χ1v) is 8.43. The summed E-state index contributed by atoms with van der Waals surface area (Å²) in [7, 11) is 0. The lowest BCUT2D eigenvalue weighted by Gasteiger charge is -2.25. The molecule has 1 saturated heterocycles. The van der Waals surface area contributed by atoms with Crippen LogP contribution in [-0.4, -0.2) is 35.1 Å². The van der Waals surface area contributed by atoms with Gasteiger partial charge in [-0.3, -0.25) is 4.98 Å². The van der Waals surface area contributed by atoms with E-state index in [0.717, 1.165) is 18.5 Å². The fraction of sp³-hybridized carbons (Fsp3) is 0.389. The van der Waals surface area contributed by atoms with Gasteiger partial charge in [0.1, 0.15) is 11.5 Å². The Morgan fingerprint density at radius 2 is 2.08 bits per heavy atom. The molecule has 0 spiro atoms. The summed E-state index contributed by atoms with van der Waals surface area (Å²) in [4.78, 5) is 12.2. The number of nitrogens with one attached hydrogen (secondary N) is 1. The van der Waals surface area contributed by atoms with Gasteiger partial charge in [-0.1, -0.05) is 6.07 Å². The largest absolute Gasteiger partial charge is 0.383 e. The number of anilines is 1. The fourth-order valence-electron chi connectivity index (χ4n) is 2.79. The van der Waals surface area contributed by atoms with Crippen molar-refractivity contribution >= 4 is 17.3 Å². The number of nitrogens with zero attached hydrogens (tertiary/aromatic N) is 3. The van der Waals surface area contributed by atoms with Crippen molar-refractivity contribution in [3.8, 4) is 0 Å². The first-order chi connectivity index (χ1) is 12.5. The monoisotopic (exact) mass is 361 g/mol. The van der Waals surface area contributed by atoms with Crippen LogP contribution in [0.2, 0.25) is 0 Å². The zero-order valence-corrected chi connectivity index (χ0v) is 14.5. The maximum absolute atomic E-state index is 13.0. The number of halogens is 2. The molecule has 1 fully saturated rings. The predicted octanol–water partition coefficient (Wildman–Crippen LogP) is 3.35. The second-order valence-electron chi connectivity index (χ2n) is 6.12. The topological polar surface area (TPSA) is 85.4 Å². The average Bonchev–Trinajstić information content (AvgIpc) is 2.64. The van der Waals surface area contributed by atoms with Gasteiger partial charge < -0.3 is 15.8 Å². The smallest absolute Gasteiger partial charge is 0.280 e. The minimum Gasteiger partial charge on any atom is -0.383 e. The zero-order valence-electron chi connectivity index (χ0n) is 14.5. The molecule has 0 amide bonds. The van der Waals surface area contributed by atoms with Crippen molar-refractivity contribution in [1.82, 2.24) is 9.97 Å². The molecule has 1 aliphatic rings. The maximum Gasteiger partial charge on any atom is 0.280 e. The van der Waals surface area contributed by atoms with Gasteiger partial charge in [0, 0.05) is 37.3 Å². The van der Waals surface area contributed by atoms with Crippen LogP contribution < -0.4 is 11.1 Å². The Balaban J connectivity index is 1.86. The zero-order chi connectivity index (χ0) is 18.5. The highest BCUT2D eigenvalue weighted by Crippen LogP contribution is 2.24. The van der Waals surface area contributed by atoms with Gasteiger partial charge in [-0.2, -0.15) is 0 Å². The van der Waals surface area contributed by atoms with Crippen molar-refractivity contribution in [2.45, 2.75) is 32.2 Å². The molecule has 3 N–H and O–H groups in total. The normalized spacial score (nSPS) is 16.1. The van der Waals surface area contributed by atoms with E-state index in [1.165, 1.54) is 0 Å². The molecule has 1 aliphatic heterocycles. The van der Waals surface area contributed by atoms with Crippen LogP contribution in [0.4, 0.5) is 20.3 Å². The second-order valence-corrected chi connectivity index (χ2v) is 6.12. The molecule has 0 aromatic carbocycles. The molecule has 3 heterocycles. The Labute approximate surface area is 150 Å². The van der Waals surface area contributed by atoms with Crippen LogP contribution in [-0.2, 0) is 4.74 Å². The van der Waals surface area contributed by atoms with E-state index in [-0.39, 0.29) is 23.4 Å². The summed E-state index contributed by atoms with van der Waals surface area (Å²) in [5.74, 6) is 0.313. The van der Waals surface area contributed by atoms with Crippen molar-refractivity contribution in [3.63, 3.8) is 0 Å². The number of alkyl halides is 2. The maximum atomic E-state index is 13.0. The summed E-state index contributed by atoms with van der Waals surface area (Å²) in [5.41, 5.74) is 7.66. The van der Waals surface area contributed by atoms with Crippen LogP contribution in [0.3, 0.4) is 0 Å². The minimum atomic E-state index is -2.66. The average molecular weight is 361 g/mol. The van der Waals surface area contributed by atoms with Gasteiger partial charge in [0.25, 0.3) is 6.43 Å². The third-order valence-corrected chi connectivity index (χ3v) is 4.24. The summed E-state index contributed by atoms with van der Waals surface area (Å²) >= 11 is 0. The molecule has 0 atom stereocenters. The van der Waals surface area contributed by atoms with Gasteiger partial charge in [0.15, 0.2) is 5.82 Å². The van der Waals surface area contributed by atoms with E-state index in [0.29, 0.717) is 24.3 Å². The molecule has 2 aromatic heterocycles. The first kappa shape index (κ1) is 18.2. The number of hydrogen-bond donors (Lipinski definition) is 2. The third-order valence-electron chi connectivity index (χ3n) is 4.24. The predicted molar refractivity (Wildman–Crippen MR) is 96.0 cm³/mol. The van der Waals surface area contributed by atoms with Crippen molar-refractivity contribution in [1.29, 1.82) is 0 Å². The summed E-state index contributed by atoms with van der Waals surface area (Å²) in [6, 6.07) is 5.22. The van der Waals surface area contributed by atoms with Crippen LogP contribution in [0, 0.1) is 6.92 Å². The van der Waals surface area contributed by atoms with E-state index >= 15 is 0 Å². The SMILES string of the molecule is Cc1ccc(N=C(N)c2cnccc2NC2CCOCC2)nc1C(F)F. The van der Waals surface area contributed by atoms with E-state index in [2.05, 4.69) is 20.3 Å². The quantitative estimate of drug-likeness (QED) is 0.630. The molecule has 0 unspecified atom stereocenters. The van der Waals surface area contributed by atoms with Gasteiger partial charge in [-0.25, -0.2) is 18.8 Å². The Kier molecular flexibility index (Phi) is 5.72. The summed E-state index contributed by atoms with van der Waals surface area (Å²) in [6.07, 6.45) is 2.40. The summed E-state index contributed by atoms with van der Waals surface area (Å²) < 4.78 is 31.4. The van der Waals surface area contributed by atoms with Crippen molar-refractivity contribution < 1.29 is 13.5 Å². The Morgan fingerprint density at radius 3 is 2.81 bits per heavy atom. The number of hydrogen-bond acceptors (Lipinski definition) is 5. The molecule has 2 aromatic rings. The van der Waals surface area contributed by atoms with E-state index in [1.807, 2.05) is 6.07 Å². The molecule has 0 saturated carbocycles. The number of ether oxygens (including phenoxy) is 1. The number of rotatable bonds is 5. The molecule has 0 aliphatic carbocycles. The van der Waals surface area contributed by atoms with Crippen LogP contribution in [0.15, 0.2) is 35.6 Å². The van der Waals surface area contributed by atoms with Crippen LogP contribution in [0.25, 0.3) is 0 Å². The van der Waals surface area contributed by atoms with Gasteiger partial charge in [-0.15, -0.1) is 0 Å². The number of aliphatic imine (C=N–C) groups is 1. The molecule has 0 bridgehead atoms. The molecule has 0 radical (unpaired) electrons. The van der Waals surface area contributed by atoms with Crippen LogP contribution >= 0.6 is 0 Å². The van der Waals surface area contributed by atoms with Crippen molar-refractivity contribution in [3.05, 3.63) is 47.4 Å². The lowest BCUT2D eigenvalue weighted by molar-refractivity contribution is 0.0904. The highest BCUT2D eigenvalue weighted by atomic mass is 19.3. The van der Waals surface area contributed by atoms with Gasteiger partial charge in [-0.05, 0) is 37.5 Å². The lowest BCUT2D eigenvalue weighted by Crippen LogP contribution is -2.29. The van der Waals surface area contributed by atoms with Gasteiger partial charge in [0.05, 0.1) is 5.56 Å². The molecule has 3 rings (SSSR count). The molecule has 138 valence electrons.